The van der Waals surface area contributed by atoms with E-state index in [2.05, 4.69) is 10.3 Å². The second-order valence-electron chi connectivity index (χ2n) is 5.88. The summed E-state index contributed by atoms with van der Waals surface area (Å²) in [7, 11) is 0. The van der Waals surface area contributed by atoms with Crippen LogP contribution in [0.3, 0.4) is 0 Å². The van der Waals surface area contributed by atoms with Crippen molar-refractivity contribution in [2.45, 2.75) is 32.2 Å². The SMILES string of the molecule is CC1(C)CC(CC(=O)c2cc(F)c(F)c(F)c2F)=NCCN1. The van der Waals surface area contributed by atoms with E-state index in [0.717, 1.165) is 0 Å². The summed E-state index contributed by atoms with van der Waals surface area (Å²) in [6.45, 7) is 4.95. The molecule has 22 heavy (non-hydrogen) atoms. The van der Waals surface area contributed by atoms with E-state index >= 15 is 0 Å². The van der Waals surface area contributed by atoms with E-state index in [1.54, 1.807) is 0 Å². The lowest BCUT2D eigenvalue weighted by Crippen LogP contribution is -2.40. The Kier molecular flexibility index (Phi) is 4.65. The van der Waals surface area contributed by atoms with Crippen molar-refractivity contribution in [2.24, 2.45) is 4.99 Å². The van der Waals surface area contributed by atoms with Crippen molar-refractivity contribution in [1.29, 1.82) is 0 Å². The number of benzene rings is 1. The molecule has 1 N–H and O–H groups in total. The molecule has 0 amide bonds. The number of hydrogen-bond donors (Lipinski definition) is 1. The third-order valence-corrected chi connectivity index (χ3v) is 3.46. The first-order valence-corrected chi connectivity index (χ1v) is 6.85. The Morgan fingerprint density at radius 1 is 1.23 bits per heavy atom. The van der Waals surface area contributed by atoms with Crippen LogP contribution in [-0.4, -0.2) is 30.1 Å². The highest BCUT2D eigenvalue weighted by atomic mass is 19.2. The van der Waals surface area contributed by atoms with Gasteiger partial charge in [0.2, 0.25) is 0 Å². The van der Waals surface area contributed by atoms with Crippen LogP contribution in [0.4, 0.5) is 17.6 Å². The third kappa shape index (κ3) is 3.52. The van der Waals surface area contributed by atoms with Crippen LogP contribution in [0, 0.1) is 23.3 Å². The fraction of sp³-hybridized carbons (Fsp3) is 0.467. The number of carbonyl (C=O) groups is 1. The molecule has 120 valence electrons. The molecule has 0 saturated carbocycles. The van der Waals surface area contributed by atoms with Gasteiger partial charge in [0.25, 0.3) is 0 Å². The summed E-state index contributed by atoms with van der Waals surface area (Å²) in [6, 6.07) is 0.386. The van der Waals surface area contributed by atoms with Crippen molar-refractivity contribution >= 4 is 11.5 Å². The largest absolute Gasteiger partial charge is 0.310 e. The van der Waals surface area contributed by atoms with Gasteiger partial charge in [0, 0.05) is 30.6 Å². The first kappa shape index (κ1) is 16.6. The van der Waals surface area contributed by atoms with Crippen LogP contribution >= 0.6 is 0 Å². The van der Waals surface area contributed by atoms with Crippen LogP contribution < -0.4 is 5.32 Å². The van der Waals surface area contributed by atoms with E-state index in [0.29, 0.717) is 31.3 Å². The summed E-state index contributed by atoms with van der Waals surface area (Å²) in [5, 5.41) is 3.23. The highest BCUT2D eigenvalue weighted by Gasteiger charge is 2.27. The highest BCUT2D eigenvalue weighted by molar-refractivity contribution is 6.10. The number of carbonyl (C=O) groups excluding carboxylic acids is 1. The van der Waals surface area contributed by atoms with E-state index in [9.17, 15) is 22.4 Å². The normalized spacial score (nSPS) is 17.8. The molecular formula is C15H16F4N2O. The second-order valence-corrected chi connectivity index (χ2v) is 5.88. The molecule has 0 spiro atoms. The Labute approximate surface area is 125 Å². The van der Waals surface area contributed by atoms with Gasteiger partial charge in [-0.05, 0) is 19.9 Å². The maximum Gasteiger partial charge on any atom is 0.198 e. The van der Waals surface area contributed by atoms with Crippen LogP contribution in [0.25, 0.3) is 0 Å². The van der Waals surface area contributed by atoms with Gasteiger partial charge in [0.1, 0.15) is 0 Å². The average Bonchev–Trinajstić information content (AvgIpc) is 2.60. The van der Waals surface area contributed by atoms with Crippen LogP contribution in [0.2, 0.25) is 0 Å². The molecule has 0 bridgehead atoms. The van der Waals surface area contributed by atoms with Crippen LogP contribution in [-0.2, 0) is 0 Å². The van der Waals surface area contributed by atoms with Crippen molar-refractivity contribution in [3.63, 3.8) is 0 Å². The fourth-order valence-electron chi connectivity index (χ4n) is 2.41. The first-order chi connectivity index (χ1) is 10.2. The molecule has 0 unspecified atom stereocenters. The van der Waals surface area contributed by atoms with E-state index < -0.39 is 34.6 Å². The van der Waals surface area contributed by atoms with Gasteiger partial charge in [-0.2, -0.15) is 0 Å². The zero-order valence-electron chi connectivity index (χ0n) is 12.3. The zero-order chi connectivity index (χ0) is 16.5. The summed E-state index contributed by atoms with van der Waals surface area (Å²) in [5.41, 5.74) is -0.563. The van der Waals surface area contributed by atoms with Crippen molar-refractivity contribution < 1.29 is 22.4 Å². The fourth-order valence-corrected chi connectivity index (χ4v) is 2.41. The molecule has 7 heteroatoms. The minimum Gasteiger partial charge on any atom is -0.310 e. The molecule has 1 heterocycles. The van der Waals surface area contributed by atoms with Gasteiger partial charge in [0.05, 0.1) is 12.1 Å². The quantitative estimate of drug-likeness (QED) is 0.403. The number of Topliss-reactive ketones (excluding diaryl/α,β-unsaturated/α-hetero) is 1. The predicted molar refractivity (Wildman–Crippen MR) is 74.2 cm³/mol. The molecule has 0 atom stereocenters. The molecule has 0 saturated heterocycles. The molecule has 3 nitrogen and oxygen atoms in total. The van der Waals surface area contributed by atoms with Crippen molar-refractivity contribution in [3.05, 3.63) is 34.9 Å². The minimum atomic E-state index is -1.98. The van der Waals surface area contributed by atoms with Crippen molar-refractivity contribution in [3.8, 4) is 0 Å². The molecule has 0 fully saturated rings. The smallest absolute Gasteiger partial charge is 0.198 e. The lowest BCUT2D eigenvalue weighted by atomic mass is 9.93. The summed E-state index contributed by atoms with van der Waals surface area (Å²) in [5.74, 6) is -7.99. The molecular weight excluding hydrogens is 300 g/mol. The van der Waals surface area contributed by atoms with E-state index in [-0.39, 0.29) is 12.0 Å². The Bertz CT molecular complexity index is 641. The molecule has 0 aromatic heterocycles. The number of nitrogens with one attached hydrogen (secondary N) is 1. The number of ketones is 1. The monoisotopic (exact) mass is 316 g/mol. The maximum absolute atomic E-state index is 13.6. The van der Waals surface area contributed by atoms with Crippen LogP contribution in [0.1, 0.15) is 37.0 Å². The summed E-state index contributed by atoms with van der Waals surface area (Å²) in [4.78, 5) is 16.3. The van der Waals surface area contributed by atoms with Gasteiger partial charge in [0.15, 0.2) is 29.1 Å². The van der Waals surface area contributed by atoms with Crippen LogP contribution in [0.5, 0.6) is 0 Å². The van der Waals surface area contributed by atoms with Crippen molar-refractivity contribution in [1.82, 2.24) is 5.32 Å². The highest BCUT2D eigenvalue weighted by Crippen LogP contribution is 2.21. The number of aliphatic imine (C=N–C) groups is 1. The maximum atomic E-state index is 13.6. The molecule has 2 rings (SSSR count). The van der Waals surface area contributed by atoms with Gasteiger partial charge in [-0.15, -0.1) is 0 Å². The molecule has 1 aromatic carbocycles. The van der Waals surface area contributed by atoms with Gasteiger partial charge in [-0.1, -0.05) is 0 Å². The van der Waals surface area contributed by atoms with Gasteiger partial charge in [-0.25, -0.2) is 17.6 Å². The molecule has 1 aliphatic rings. The number of nitrogens with zero attached hydrogens (tertiary/aromatic N) is 1. The Morgan fingerprint density at radius 3 is 2.59 bits per heavy atom. The number of hydrogen-bond acceptors (Lipinski definition) is 3. The van der Waals surface area contributed by atoms with Gasteiger partial charge >= 0.3 is 0 Å². The van der Waals surface area contributed by atoms with Crippen molar-refractivity contribution in [2.75, 3.05) is 13.1 Å². The summed E-state index contributed by atoms with van der Waals surface area (Å²) >= 11 is 0. The Balaban J connectivity index is 2.25. The molecule has 1 aliphatic heterocycles. The first-order valence-electron chi connectivity index (χ1n) is 6.85. The van der Waals surface area contributed by atoms with E-state index in [1.807, 2.05) is 13.8 Å². The standard InChI is InChI=1S/C15H16F4N2O/c1-15(2)7-8(20-3-4-21-15)5-11(22)9-6-10(16)13(18)14(19)12(9)17/h6,21H,3-5,7H2,1-2H3. The summed E-state index contributed by atoms with van der Waals surface area (Å²) in [6.07, 6.45) is 0.194. The number of rotatable bonds is 3. The van der Waals surface area contributed by atoms with E-state index in [4.69, 9.17) is 0 Å². The van der Waals surface area contributed by atoms with Gasteiger partial charge < -0.3 is 5.32 Å². The third-order valence-electron chi connectivity index (χ3n) is 3.46. The topological polar surface area (TPSA) is 41.5 Å². The second kappa shape index (κ2) is 6.16. The molecule has 0 aliphatic carbocycles. The average molecular weight is 316 g/mol. The lowest BCUT2D eigenvalue weighted by Gasteiger charge is -2.24. The summed E-state index contributed by atoms with van der Waals surface area (Å²) < 4.78 is 52.9. The Hall–Kier alpha value is -1.76. The molecule has 1 aromatic rings. The van der Waals surface area contributed by atoms with Crippen LogP contribution in [0.15, 0.2) is 11.1 Å². The predicted octanol–water partition coefficient (Wildman–Crippen LogP) is 3.03. The minimum absolute atomic E-state index is 0.257. The number of halogens is 4. The lowest BCUT2D eigenvalue weighted by molar-refractivity contribution is 0.0994. The van der Waals surface area contributed by atoms with Gasteiger partial charge in [-0.3, -0.25) is 9.79 Å². The Morgan fingerprint density at radius 2 is 1.91 bits per heavy atom. The molecule has 0 radical (unpaired) electrons. The zero-order valence-corrected chi connectivity index (χ0v) is 12.3. The van der Waals surface area contributed by atoms with E-state index in [1.165, 1.54) is 0 Å².